The second kappa shape index (κ2) is 5.31. The highest BCUT2D eigenvalue weighted by Crippen LogP contribution is 2.61. The maximum Gasteiger partial charge on any atom is 0.408 e. The van der Waals surface area contributed by atoms with Crippen LogP contribution < -0.4 is 5.32 Å². The van der Waals surface area contributed by atoms with Crippen LogP contribution in [0.3, 0.4) is 0 Å². The van der Waals surface area contributed by atoms with Crippen LogP contribution in [-0.4, -0.2) is 34.6 Å². The Kier molecular flexibility index (Phi) is 3.63. The van der Waals surface area contributed by atoms with Gasteiger partial charge in [0.1, 0.15) is 6.61 Å². The lowest BCUT2D eigenvalue weighted by Crippen LogP contribution is -2.78. The number of alkyl carbamates (subject to hydrolysis) is 1. The first-order valence-corrected chi connectivity index (χ1v) is 7.40. The number of ether oxygens (including phenoxy) is 1. The maximum atomic E-state index is 12.0. The van der Waals surface area contributed by atoms with Gasteiger partial charge in [0.2, 0.25) is 0 Å². The lowest BCUT2D eigenvalue weighted by Gasteiger charge is -2.66. The highest BCUT2D eigenvalue weighted by molar-refractivity contribution is 5.69. The molecule has 2 fully saturated rings. The van der Waals surface area contributed by atoms with Crippen molar-refractivity contribution in [3.8, 4) is 0 Å². The number of hydrogen-bond acceptors (Lipinski definition) is 4. The Labute approximate surface area is 123 Å². The molecule has 1 amide bonds. The van der Waals surface area contributed by atoms with Crippen LogP contribution in [0.5, 0.6) is 0 Å². The summed E-state index contributed by atoms with van der Waals surface area (Å²) in [5, 5.41) is 22.5. The van der Waals surface area contributed by atoms with E-state index in [4.69, 9.17) is 4.74 Å². The van der Waals surface area contributed by atoms with E-state index in [2.05, 4.69) is 5.32 Å². The van der Waals surface area contributed by atoms with E-state index in [9.17, 15) is 15.0 Å². The number of carbonyl (C=O) groups excluding carboxylic acids is 1. The van der Waals surface area contributed by atoms with Crippen molar-refractivity contribution in [1.82, 2.24) is 5.32 Å². The molecule has 1 aromatic rings. The quantitative estimate of drug-likeness (QED) is 0.787. The molecule has 3 N–H and O–H groups in total. The van der Waals surface area contributed by atoms with Gasteiger partial charge in [0.05, 0.1) is 18.2 Å². The van der Waals surface area contributed by atoms with Gasteiger partial charge in [-0.2, -0.15) is 0 Å². The molecule has 1 spiro atoms. The van der Waals surface area contributed by atoms with Gasteiger partial charge < -0.3 is 20.3 Å². The first-order valence-electron chi connectivity index (χ1n) is 7.40. The minimum atomic E-state index is -0.724. The Morgan fingerprint density at radius 2 is 2.05 bits per heavy atom. The molecule has 0 radical (unpaired) electrons. The molecule has 2 saturated carbocycles. The van der Waals surface area contributed by atoms with Crippen molar-refractivity contribution in [3.05, 3.63) is 35.9 Å². The van der Waals surface area contributed by atoms with Crippen LogP contribution in [0.2, 0.25) is 0 Å². The number of nitrogens with one attached hydrogen (secondary N) is 1. The van der Waals surface area contributed by atoms with Crippen molar-refractivity contribution < 1.29 is 19.7 Å². The van der Waals surface area contributed by atoms with Crippen LogP contribution in [-0.2, 0) is 11.3 Å². The predicted octanol–water partition coefficient (Wildman–Crippen LogP) is 1.58. The van der Waals surface area contributed by atoms with Crippen molar-refractivity contribution >= 4 is 6.09 Å². The lowest BCUT2D eigenvalue weighted by molar-refractivity contribution is -0.208. The number of aliphatic hydroxyl groups is 2. The summed E-state index contributed by atoms with van der Waals surface area (Å²) in [4.78, 5) is 12.0. The summed E-state index contributed by atoms with van der Waals surface area (Å²) in [6.07, 6.45) is 2.13. The van der Waals surface area contributed by atoms with E-state index in [-0.39, 0.29) is 18.6 Å². The van der Waals surface area contributed by atoms with Crippen molar-refractivity contribution in [2.75, 3.05) is 6.61 Å². The molecule has 21 heavy (non-hydrogen) atoms. The summed E-state index contributed by atoms with van der Waals surface area (Å²) in [5.41, 5.74) is -0.163. The molecule has 114 valence electrons. The Balaban J connectivity index is 1.59. The van der Waals surface area contributed by atoms with Gasteiger partial charge in [-0.05, 0) is 18.4 Å². The molecule has 3 rings (SSSR count). The van der Waals surface area contributed by atoms with E-state index in [1.165, 1.54) is 0 Å². The van der Waals surface area contributed by atoms with E-state index in [1.807, 2.05) is 30.3 Å². The molecule has 2 atom stereocenters. The molecule has 5 nitrogen and oxygen atoms in total. The van der Waals surface area contributed by atoms with Gasteiger partial charge in [-0.25, -0.2) is 4.79 Å². The van der Waals surface area contributed by atoms with Crippen molar-refractivity contribution in [1.29, 1.82) is 0 Å². The third-order valence-electron chi connectivity index (χ3n) is 5.20. The summed E-state index contributed by atoms with van der Waals surface area (Å²) < 4.78 is 5.22. The van der Waals surface area contributed by atoms with E-state index in [0.717, 1.165) is 24.8 Å². The number of rotatable bonds is 4. The molecule has 2 unspecified atom stereocenters. The number of carbonyl (C=O) groups is 1. The average Bonchev–Trinajstić information content (AvgIpc) is 2.43. The molecule has 0 aromatic heterocycles. The molecule has 5 heteroatoms. The van der Waals surface area contributed by atoms with Crippen LogP contribution in [0, 0.1) is 5.41 Å². The molecular weight excluding hydrogens is 270 g/mol. The molecule has 0 aliphatic heterocycles. The summed E-state index contributed by atoms with van der Waals surface area (Å²) in [6.45, 7) is 0.0359. The zero-order valence-electron chi connectivity index (χ0n) is 11.9. The summed E-state index contributed by atoms with van der Waals surface area (Å²) >= 11 is 0. The van der Waals surface area contributed by atoms with Crippen molar-refractivity contribution in [3.63, 3.8) is 0 Å². The fourth-order valence-corrected chi connectivity index (χ4v) is 3.68. The molecule has 0 saturated heterocycles. The van der Waals surface area contributed by atoms with E-state index >= 15 is 0 Å². The van der Waals surface area contributed by atoms with Crippen LogP contribution in [0.1, 0.15) is 31.2 Å². The Hall–Kier alpha value is -1.59. The first kappa shape index (κ1) is 14.4. The minimum absolute atomic E-state index is 0.162. The third kappa shape index (κ3) is 2.21. The maximum absolute atomic E-state index is 12.0. The number of amides is 1. The third-order valence-corrected chi connectivity index (χ3v) is 5.20. The normalized spacial score (nSPS) is 29.3. The van der Waals surface area contributed by atoms with Crippen LogP contribution in [0.15, 0.2) is 30.3 Å². The van der Waals surface area contributed by atoms with E-state index < -0.39 is 17.7 Å². The molecule has 0 bridgehead atoms. The lowest BCUT2D eigenvalue weighted by atomic mass is 9.44. The average molecular weight is 291 g/mol. The second-order valence-electron chi connectivity index (χ2n) is 6.16. The molecule has 2 aliphatic carbocycles. The molecule has 1 aromatic carbocycles. The molecule has 0 heterocycles. The van der Waals surface area contributed by atoms with Crippen LogP contribution >= 0.6 is 0 Å². The van der Waals surface area contributed by atoms with Gasteiger partial charge >= 0.3 is 6.09 Å². The number of hydrogen-bond donors (Lipinski definition) is 3. The fraction of sp³-hybridized carbons (Fsp3) is 0.562. The largest absolute Gasteiger partial charge is 0.445 e. The van der Waals surface area contributed by atoms with E-state index in [0.29, 0.717) is 6.42 Å². The monoisotopic (exact) mass is 291 g/mol. The fourth-order valence-electron chi connectivity index (χ4n) is 3.68. The summed E-state index contributed by atoms with van der Waals surface area (Å²) in [5.74, 6) is 0. The highest BCUT2D eigenvalue weighted by atomic mass is 16.5. The Bertz CT molecular complexity index is 514. The predicted molar refractivity (Wildman–Crippen MR) is 76.5 cm³/mol. The zero-order chi connectivity index (χ0) is 14.9. The van der Waals surface area contributed by atoms with Crippen molar-refractivity contribution in [2.24, 2.45) is 5.41 Å². The summed E-state index contributed by atoms with van der Waals surface area (Å²) in [7, 11) is 0. The second-order valence-corrected chi connectivity index (χ2v) is 6.16. The minimum Gasteiger partial charge on any atom is -0.445 e. The van der Waals surface area contributed by atoms with Crippen LogP contribution in [0.4, 0.5) is 4.79 Å². The standard InChI is InChI=1S/C16H21NO4/c18-11-16(9-13(19)15(16)7-4-8-15)17-14(20)21-10-12-5-2-1-3-6-12/h1-3,5-6,13,18-19H,4,7-11H2,(H,17,20). The van der Waals surface area contributed by atoms with E-state index in [1.54, 1.807) is 0 Å². The number of benzene rings is 1. The Morgan fingerprint density at radius 1 is 1.33 bits per heavy atom. The van der Waals surface area contributed by atoms with Crippen molar-refractivity contribution in [2.45, 2.75) is 43.9 Å². The first-order chi connectivity index (χ1) is 10.1. The molecule has 2 aliphatic rings. The van der Waals surface area contributed by atoms with Gasteiger partial charge in [0.15, 0.2) is 0 Å². The number of aliphatic hydroxyl groups excluding tert-OH is 2. The smallest absolute Gasteiger partial charge is 0.408 e. The zero-order valence-corrected chi connectivity index (χ0v) is 11.9. The SMILES string of the molecule is O=C(NC1(CO)CC(O)C12CCC2)OCc1ccccc1. The molecular formula is C16H21NO4. The topological polar surface area (TPSA) is 78.8 Å². The summed E-state index contributed by atoms with van der Waals surface area (Å²) in [6, 6.07) is 9.45. The van der Waals surface area contributed by atoms with Gasteiger partial charge in [-0.15, -0.1) is 0 Å². The Morgan fingerprint density at radius 3 is 2.57 bits per heavy atom. The van der Waals surface area contributed by atoms with Gasteiger partial charge in [-0.3, -0.25) is 0 Å². The van der Waals surface area contributed by atoms with Gasteiger partial charge in [0, 0.05) is 11.8 Å². The van der Waals surface area contributed by atoms with Gasteiger partial charge in [-0.1, -0.05) is 36.8 Å². The highest BCUT2D eigenvalue weighted by Gasteiger charge is 2.68. The van der Waals surface area contributed by atoms with Crippen LogP contribution in [0.25, 0.3) is 0 Å². The van der Waals surface area contributed by atoms with Gasteiger partial charge in [0.25, 0.3) is 0 Å².